The maximum Gasteiger partial charge on any atom is 0.333 e. The predicted octanol–water partition coefficient (Wildman–Crippen LogP) is 2.00. The van der Waals surface area contributed by atoms with Crippen molar-refractivity contribution in [3.05, 3.63) is 61.1 Å². The summed E-state index contributed by atoms with van der Waals surface area (Å²) in [6.45, 7) is 0.329. The second-order valence-corrected chi connectivity index (χ2v) is 4.87. The predicted molar refractivity (Wildman–Crippen MR) is 77.9 cm³/mol. The zero-order chi connectivity index (χ0) is 14.7. The standard InChI is InChI=1S/C12H11BrN4O3/c1-14-11-4-2-3-8(15-11)5-16-6-9(13)12(18)10(7-16)17(19)20/h2-4,6-7H,5H2,1H3,(H,14,15). The van der Waals surface area contributed by atoms with Crippen LogP contribution in [0.4, 0.5) is 11.5 Å². The molecule has 104 valence electrons. The van der Waals surface area contributed by atoms with E-state index < -0.39 is 16.0 Å². The molecule has 0 unspecified atom stereocenters. The van der Waals surface area contributed by atoms with Gasteiger partial charge in [0, 0.05) is 13.2 Å². The number of nitro groups is 1. The number of halogens is 1. The second-order valence-electron chi connectivity index (χ2n) is 4.01. The van der Waals surface area contributed by atoms with Crippen LogP contribution >= 0.6 is 15.9 Å². The summed E-state index contributed by atoms with van der Waals surface area (Å²) in [5.41, 5.74) is -0.381. The van der Waals surface area contributed by atoms with E-state index in [-0.39, 0.29) is 4.47 Å². The molecular formula is C12H11BrN4O3. The average molecular weight is 339 g/mol. The van der Waals surface area contributed by atoms with Gasteiger partial charge in [0.05, 0.1) is 27.8 Å². The van der Waals surface area contributed by atoms with Crippen molar-refractivity contribution in [2.45, 2.75) is 6.54 Å². The molecular weight excluding hydrogens is 328 g/mol. The first kappa shape index (κ1) is 14.2. The van der Waals surface area contributed by atoms with Crippen LogP contribution in [0.2, 0.25) is 0 Å². The molecule has 8 heteroatoms. The molecule has 0 bridgehead atoms. The van der Waals surface area contributed by atoms with Crippen molar-refractivity contribution in [1.82, 2.24) is 9.55 Å². The molecule has 0 saturated carbocycles. The molecule has 2 heterocycles. The number of hydrogen-bond donors (Lipinski definition) is 1. The van der Waals surface area contributed by atoms with Crippen LogP contribution in [0.25, 0.3) is 0 Å². The first-order valence-electron chi connectivity index (χ1n) is 5.69. The molecule has 2 rings (SSSR count). The largest absolute Gasteiger partial charge is 0.373 e. The minimum absolute atomic E-state index is 0.150. The highest BCUT2D eigenvalue weighted by Crippen LogP contribution is 2.13. The van der Waals surface area contributed by atoms with Gasteiger partial charge in [-0.3, -0.25) is 14.9 Å². The number of aromatic nitrogens is 2. The highest BCUT2D eigenvalue weighted by atomic mass is 79.9. The van der Waals surface area contributed by atoms with E-state index >= 15 is 0 Å². The molecule has 0 spiro atoms. The molecule has 2 aromatic heterocycles. The summed E-state index contributed by atoms with van der Waals surface area (Å²) in [7, 11) is 1.76. The summed E-state index contributed by atoms with van der Waals surface area (Å²) in [4.78, 5) is 26.0. The van der Waals surface area contributed by atoms with Crippen LogP contribution in [-0.2, 0) is 6.54 Å². The maximum absolute atomic E-state index is 11.6. The van der Waals surface area contributed by atoms with Crippen molar-refractivity contribution >= 4 is 27.4 Å². The van der Waals surface area contributed by atoms with Gasteiger partial charge in [0.25, 0.3) is 5.43 Å². The van der Waals surface area contributed by atoms with Gasteiger partial charge in [-0.1, -0.05) is 6.07 Å². The fourth-order valence-corrected chi connectivity index (χ4v) is 2.16. The van der Waals surface area contributed by atoms with Crippen LogP contribution in [0.5, 0.6) is 0 Å². The highest BCUT2D eigenvalue weighted by Gasteiger charge is 2.16. The summed E-state index contributed by atoms with van der Waals surface area (Å²) in [6.07, 6.45) is 2.71. The van der Waals surface area contributed by atoms with Gasteiger partial charge in [0.15, 0.2) is 0 Å². The molecule has 2 aromatic rings. The molecule has 0 radical (unpaired) electrons. The fraction of sp³-hybridized carbons (Fsp3) is 0.167. The maximum atomic E-state index is 11.6. The first-order valence-corrected chi connectivity index (χ1v) is 6.48. The van der Waals surface area contributed by atoms with Crippen molar-refractivity contribution in [3.8, 4) is 0 Å². The van der Waals surface area contributed by atoms with Crippen molar-refractivity contribution in [3.63, 3.8) is 0 Å². The van der Waals surface area contributed by atoms with E-state index in [4.69, 9.17) is 0 Å². The van der Waals surface area contributed by atoms with E-state index in [1.165, 1.54) is 12.4 Å². The minimum atomic E-state index is -0.693. The SMILES string of the molecule is CNc1cccc(Cn2cc(Br)c(=O)c([N+](=O)[O-])c2)n1. The van der Waals surface area contributed by atoms with Crippen LogP contribution < -0.4 is 10.7 Å². The third kappa shape index (κ3) is 3.02. The third-order valence-corrected chi connectivity index (χ3v) is 3.19. The molecule has 0 aromatic carbocycles. The van der Waals surface area contributed by atoms with E-state index in [1.54, 1.807) is 17.7 Å². The van der Waals surface area contributed by atoms with Crippen LogP contribution in [-0.4, -0.2) is 21.5 Å². The van der Waals surface area contributed by atoms with Crippen molar-refractivity contribution < 1.29 is 4.92 Å². The number of rotatable bonds is 4. The van der Waals surface area contributed by atoms with Crippen molar-refractivity contribution in [2.75, 3.05) is 12.4 Å². The smallest absolute Gasteiger partial charge is 0.333 e. The molecule has 1 N–H and O–H groups in total. The number of nitrogens with zero attached hydrogens (tertiary/aromatic N) is 3. The van der Waals surface area contributed by atoms with Gasteiger partial charge in [-0.15, -0.1) is 0 Å². The lowest BCUT2D eigenvalue weighted by Gasteiger charge is -2.08. The molecule has 0 aliphatic carbocycles. The Hall–Kier alpha value is -2.22. The van der Waals surface area contributed by atoms with E-state index in [1.807, 2.05) is 12.1 Å². The second kappa shape index (κ2) is 5.83. The van der Waals surface area contributed by atoms with Gasteiger partial charge in [-0.2, -0.15) is 0 Å². The summed E-state index contributed by atoms with van der Waals surface area (Å²) in [5.74, 6) is 0.706. The summed E-state index contributed by atoms with van der Waals surface area (Å²) in [6, 6.07) is 5.45. The molecule has 0 saturated heterocycles. The zero-order valence-electron chi connectivity index (χ0n) is 10.5. The topological polar surface area (TPSA) is 90.1 Å². The van der Waals surface area contributed by atoms with Crippen LogP contribution in [0, 0.1) is 10.1 Å². The highest BCUT2D eigenvalue weighted by molar-refractivity contribution is 9.10. The van der Waals surface area contributed by atoms with E-state index in [0.29, 0.717) is 12.4 Å². The Morgan fingerprint density at radius 2 is 2.20 bits per heavy atom. The Kier molecular flexibility index (Phi) is 4.14. The monoisotopic (exact) mass is 338 g/mol. The number of nitrogens with one attached hydrogen (secondary N) is 1. The normalized spacial score (nSPS) is 10.3. The van der Waals surface area contributed by atoms with Gasteiger partial charge in [0.1, 0.15) is 5.82 Å². The van der Waals surface area contributed by atoms with Gasteiger partial charge in [-0.05, 0) is 28.1 Å². The summed E-state index contributed by atoms with van der Waals surface area (Å²) in [5, 5.41) is 13.7. The van der Waals surface area contributed by atoms with Crippen LogP contribution in [0.3, 0.4) is 0 Å². The lowest BCUT2D eigenvalue weighted by molar-refractivity contribution is -0.386. The number of anilines is 1. The number of hydrogen-bond acceptors (Lipinski definition) is 5. The van der Waals surface area contributed by atoms with Gasteiger partial charge in [0.2, 0.25) is 0 Å². The van der Waals surface area contributed by atoms with E-state index in [2.05, 4.69) is 26.2 Å². The molecule has 0 amide bonds. The van der Waals surface area contributed by atoms with Crippen molar-refractivity contribution in [2.24, 2.45) is 0 Å². The molecule has 0 aliphatic heterocycles. The Morgan fingerprint density at radius 3 is 2.85 bits per heavy atom. The fourth-order valence-electron chi connectivity index (χ4n) is 1.69. The Bertz CT molecular complexity index is 714. The van der Waals surface area contributed by atoms with Gasteiger partial charge >= 0.3 is 5.69 Å². The Balaban J connectivity index is 2.38. The number of pyridine rings is 2. The van der Waals surface area contributed by atoms with Gasteiger partial charge in [-0.25, -0.2) is 4.98 Å². The van der Waals surface area contributed by atoms with Crippen LogP contribution in [0.15, 0.2) is 39.9 Å². The van der Waals surface area contributed by atoms with Crippen LogP contribution in [0.1, 0.15) is 5.69 Å². The van der Waals surface area contributed by atoms with E-state index in [9.17, 15) is 14.9 Å². The Labute approximate surface area is 122 Å². The lowest BCUT2D eigenvalue weighted by atomic mass is 10.3. The Morgan fingerprint density at radius 1 is 1.45 bits per heavy atom. The molecule has 20 heavy (non-hydrogen) atoms. The molecule has 7 nitrogen and oxygen atoms in total. The molecule has 0 fully saturated rings. The average Bonchev–Trinajstić information content (AvgIpc) is 2.42. The first-order chi connectivity index (χ1) is 9.51. The minimum Gasteiger partial charge on any atom is -0.373 e. The molecule has 0 atom stereocenters. The third-order valence-electron chi connectivity index (χ3n) is 2.62. The van der Waals surface area contributed by atoms with Crippen molar-refractivity contribution in [1.29, 1.82) is 0 Å². The van der Waals surface area contributed by atoms with Gasteiger partial charge < -0.3 is 9.88 Å². The quantitative estimate of drug-likeness (QED) is 0.680. The lowest BCUT2D eigenvalue weighted by Crippen LogP contribution is -2.14. The summed E-state index contributed by atoms with van der Waals surface area (Å²) >= 11 is 3.04. The van der Waals surface area contributed by atoms with E-state index in [0.717, 1.165) is 5.69 Å². The zero-order valence-corrected chi connectivity index (χ0v) is 12.1. The molecule has 0 aliphatic rings. The summed E-state index contributed by atoms with van der Waals surface area (Å²) < 4.78 is 1.70.